The van der Waals surface area contributed by atoms with Gasteiger partial charge < -0.3 is 39.4 Å². The van der Waals surface area contributed by atoms with E-state index in [9.17, 15) is 30.0 Å². The van der Waals surface area contributed by atoms with Crippen LogP contribution < -0.4 is 0 Å². The second-order valence-corrected chi connectivity index (χ2v) is 14.4. The molecule has 316 valence electrons. The fourth-order valence-electron chi connectivity index (χ4n) is 6.00. The normalized spacial score (nSPS) is 21.2. The summed E-state index contributed by atoms with van der Waals surface area (Å²) in [6, 6.07) is 0. The van der Waals surface area contributed by atoms with Crippen molar-refractivity contribution in [3.05, 3.63) is 60.8 Å². The van der Waals surface area contributed by atoms with E-state index < -0.39 is 55.4 Å². The smallest absolute Gasteiger partial charge is 0.306 e. The number of hydrogen-bond acceptors (Lipinski definition) is 10. The molecule has 4 N–H and O–H groups in total. The SMILES string of the molecule is CC/C=C\C/C=C\C/C=C\CCCCCCCC(=O)O[C@H](COC(=O)CCCCCCC/C=C\C/C=C\CCCCC)CO[C@@H]1O[C@H](CO)[C@H](O)C(O)C1O. The molecule has 1 saturated heterocycles. The predicted octanol–water partition coefficient (Wildman–Crippen LogP) is 8.66. The first-order valence-electron chi connectivity index (χ1n) is 21.4. The number of hydrogen-bond donors (Lipinski definition) is 4. The Labute approximate surface area is 332 Å². The Hall–Kier alpha value is -2.60. The van der Waals surface area contributed by atoms with Gasteiger partial charge in [0.05, 0.1) is 13.2 Å². The molecule has 1 aliphatic heterocycles. The average Bonchev–Trinajstić information content (AvgIpc) is 3.18. The molecular formula is C45H76O10. The van der Waals surface area contributed by atoms with E-state index >= 15 is 0 Å². The molecule has 0 amide bonds. The molecule has 0 aliphatic carbocycles. The maximum Gasteiger partial charge on any atom is 0.306 e. The second kappa shape index (κ2) is 35.8. The summed E-state index contributed by atoms with van der Waals surface area (Å²) in [6.07, 6.45) is 35.1. The van der Waals surface area contributed by atoms with Gasteiger partial charge in [0.15, 0.2) is 12.4 Å². The fourth-order valence-corrected chi connectivity index (χ4v) is 6.00. The Morgan fingerprint density at radius 2 is 1.07 bits per heavy atom. The first-order chi connectivity index (χ1) is 26.8. The van der Waals surface area contributed by atoms with E-state index in [1.165, 1.54) is 25.7 Å². The largest absolute Gasteiger partial charge is 0.462 e. The van der Waals surface area contributed by atoms with Crippen molar-refractivity contribution in [1.82, 2.24) is 0 Å². The lowest BCUT2D eigenvalue weighted by atomic mass is 9.99. The highest BCUT2D eigenvalue weighted by molar-refractivity contribution is 5.70. The number of allylic oxidation sites excluding steroid dienone is 10. The highest BCUT2D eigenvalue weighted by Crippen LogP contribution is 2.22. The number of rotatable bonds is 34. The molecule has 55 heavy (non-hydrogen) atoms. The molecule has 6 atom stereocenters. The lowest BCUT2D eigenvalue weighted by molar-refractivity contribution is -0.305. The summed E-state index contributed by atoms with van der Waals surface area (Å²) in [6.45, 7) is 3.23. The molecule has 0 aromatic carbocycles. The van der Waals surface area contributed by atoms with Gasteiger partial charge in [-0.15, -0.1) is 0 Å². The number of carbonyl (C=O) groups is 2. The van der Waals surface area contributed by atoms with Crippen molar-refractivity contribution in [3.8, 4) is 0 Å². The molecular weight excluding hydrogens is 700 g/mol. The molecule has 1 heterocycles. The van der Waals surface area contributed by atoms with Crippen LogP contribution in [0.2, 0.25) is 0 Å². The third kappa shape index (κ3) is 27.6. The van der Waals surface area contributed by atoms with Crippen LogP contribution in [0.3, 0.4) is 0 Å². The van der Waals surface area contributed by atoms with E-state index in [0.717, 1.165) is 89.9 Å². The van der Waals surface area contributed by atoms with Crippen LogP contribution in [0.25, 0.3) is 0 Å². The van der Waals surface area contributed by atoms with E-state index in [-0.39, 0.29) is 26.1 Å². The van der Waals surface area contributed by atoms with E-state index in [0.29, 0.717) is 12.8 Å². The third-order valence-corrected chi connectivity index (χ3v) is 9.39. The molecule has 0 spiro atoms. The van der Waals surface area contributed by atoms with Crippen LogP contribution in [-0.4, -0.2) is 89.0 Å². The molecule has 0 radical (unpaired) electrons. The molecule has 2 unspecified atom stereocenters. The van der Waals surface area contributed by atoms with Gasteiger partial charge in [0, 0.05) is 12.8 Å². The van der Waals surface area contributed by atoms with Crippen molar-refractivity contribution in [3.63, 3.8) is 0 Å². The number of unbranched alkanes of at least 4 members (excludes halogenated alkanes) is 13. The Bertz CT molecular complexity index is 1080. The Balaban J connectivity index is 2.38. The molecule has 1 aliphatic rings. The van der Waals surface area contributed by atoms with Crippen molar-refractivity contribution in [2.45, 2.75) is 192 Å². The van der Waals surface area contributed by atoms with Gasteiger partial charge in [0.1, 0.15) is 31.0 Å². The van der Waals surface area contributed by atoms with Crippen LogP contribution in [0.15, 0.2) is 60.8 Å². The maximum absolute atomic E-state index is 12.7. The average molecular weight is 777 g/mol. The van der Waals surface area contributed by atoms with Crippen LogP contribution in [-0.2, 0) is 28.5 Å². The number of esters is 2. The van der Waals surface area contributed by atoms with Gasteiger partial charge in [-0.2, -0.15) is 0 Å². The zero-order chi connectivity index (χ0) is 40.2. The monoisotopic (exact) mass is 777 g/mol. The van der Waals surface area contributed by atoms with Gasteiger partial charge in [-0.05, 0) is 77.0 Å². The first-order valence-corrected chi connectivity index (χ1v) is 21.4. The lowest BCUT2D eigenvalue weighted by Gasteiger charge is -2.39. The van der Waals surface area contributed by atoms with Crippen LogP contribution in [0.1, 0.15) is 155 Å². The van der Waals surface area contributed by atoms with Gasteiger partial charge >= 0.3 is 11.9 Å². The van der Waals surface area contributed by atoms with E-state index in [1.54, 1.807) is 0 Å². The molecule has 0 aromatic heterocycles. The van der Waals surface area contributed by atoms with Crippen LogP contribution in [0.4, 0.5) is 0 Å². The maximum atomic E-state index is 12.7. The highest BCUT2D eigenvalue weighted by atomic mass is 16.7. The quantitative estimate of drug-likeness (QED) is 0.0284. The molecule has 0 bridgehead atoms. The molecule has 1 fully saturated rings. The summed E-state index contributed by atoms with van der Waals surface area (Å²) in [5.74, 6) is -0.848. The lowest BCUT2D eigenvalue weighted by Crippen LogP contribution is -2.59. The number of aliphatic hydroxyl groups excluding tert-OH is 4. The van der Waals surface area contributed by atoms with Crippen LogP contribution >= 0.6 is 0 Å². The van der Waals surface area contributed by atoms with E-state index in [2.05, 4.69) is 74.6 Å². The first kappa shape index (κ1) is 50.4. The molecule has 0 saturated carbocycles. The van der Waals surface area contributed by atoms with Crippen molar-refractivity contribution < 1.29 is 49.0 Å². The molecule has 10 nitrogen and oxygen atoms in total. The van der Waals surface area contributed by atoms with Gasteiger partial charge in [0.2, 0.25) is 0 Å². The van der Waals surface area contributed by atoms with Crippen molar-refractivity contribution in [2.24, 2.45) is 0 Å². The fraction of sp³-hybridized carbons (Fsp3) is 0.733. The molecule has 1 rings (SSSR count). The van der Waals surface area contributed by atoms with Crippen molar-refractivity contribution in [1.29, 1.82) is 0 Å². The number of ether oxygens (including phenoxy) is 4. The van der Waals surface area contributed by atoms with Gasteiger partial charge in [-0.25, -0.2) is 0 Å². The zero-order valence-corrected chi connectivity index (χ0v) is 34.2. The van der Waals surface area contributed by atoms with E-state index in [4.69, 9.17) is 18.9 Å². The minimum absolute atomic E-state index is 0.205. The van der Waals surface area contributed by atoms with Gasteiger partial charge in [-0.3, -0.25) is 9.59 Å². The number of aliphatic hydroxyl groups is 4. The Morgan fingerprint density at radius 1 is 0.582 bits per heavy atom. The summed E-state index contributed by atoms with van der Waals surface area (Å²) in [5.41, 5.74) is 0. The standard InChI is InChI=1S/C45H76O10/c1-3-5-7-9-11-13-15-17-19-21-23-25-27-29-31-33-40(47)52-36-38(37-53-45-44(51)43(50)42(49)39(35-46)55-45)54-41(48)34-32-30-28-26-24-22-20-18-16-14-12-10-8-6-4-2/h6,8,11-14,17-20,38-39,42-46,49-51H,3-5,7,9-10,15-16,21-37H2,1-2H3/b8-6-,13-11-,14-12-,19-17-,20-18-/t38-,39-,42+,43?,44?,45-/m1/s1. The Morgan fingerprint density at radius 3 is 1.62 bits per heavy atom. The molecule has 0 aromatic rings. The zero-order valence-electron chi connectivity index (χ0n) is 34.2. The van der Waals surface area contributed by atoms with Gasteiger partial charge in [0.25, 0.3) is 0 Å². The summed E-state index contributed by atoms with van der Waals surface area (Å²) >= 11 is 0. The van der Waals surface area contributed by atoms with Gasteiger partial charge in [-0.1, -0.05) is 126 Å². The minimum atomic E-state index is -1.60. The Kier molecular flexibility index (Phi) is 32.8. The van der Waals surface area contributed by atoms with Crippen LogP contribution in [0, 0.1) is 0 Å². The second-order valence-electron chi connectivity index (χ2n) is 14.4. The minimum Gasteiger partial charge on any atom is -0.462 e. The summed E-state index contributed by atoms with van der Waals surface area (Å²) in [4.78, 5) is 25.3. The highest BCUT2D eigenvalue weighted by Gasteiger charge is 2.44. The third-order valence-electron chi connectivity index (χ3n) is 9.39. The molecule has 10 heteroatoms. The summed E-state index contributed by atoms with van der Waals surface area (Å²) in [5, 5.41) is 40.0. The van der Waals surface area contributed by atoms with Crippen molar-refractivity contribution in [2.75, 3.05) is 19.8 Å². The number of carbonyl (C=O) groups excluding carboxylic acids is 2. The van der Waals surface area contributed by atoms with E-state index in [1.807, 2.05) is 0 Å². The predicted molar refractivity (Wildman–Crippen MR) is 219 cm³/mol. The topological polar surface area (TPSA) is 152 Å². The summed E-state index contributed by atoms with van der Waals surface area (Å²) < 4.78 is 22.1. The van der Waals surface area contributed by atoms with Crippen LogP contribution in [0.5, 0.6) is 0 Å². The van der Waals surface area contributed by atoms with Crippen molar-refractivity contribution >= 4 is 11.9 Å². The summed E-state index contributed by atoms with van der Waals surface area (Å²) in [7, 11) is 0.